The van der Waals surface area contributed by atoms with Crippen LogP contribution in [-0.4, -0.2) is 47.6 Å². The van der Waals surface area contributed by atoms with Crippen LogP contribution in [0.3, 0.4) is 0 Å². The monoisotopic (exact) mass is 380 g/mol. The smallest absolute Gasteiger partial charge is 0.341 e. The predicted molar refractivity (Wildman–Crippen MR) is 98.6 cm³/mol. The molecule has 3 aliphatic rings. The Labute approximate surface area is 160 Å². The maximum atomic E-state index is 12.6. The number of rotatable bonds is 4. The average molecular weight is 380 g/mol. The molecule has 0 saturated heterocycles. The summed E-state index contributed by atoms with van der Waals surface area (Å²) in [6.45, 7) is 6.68. The largest absolute Gasteiger partial charge is 0.467 e. The highest BCUT2D eigenvalue weighted by Gasteiger charge is 2.68. The van der Waals surface area contributed by atoms with Crippen LogP contribution in [0.25, 0.3) is 0 Å². The number of hydrogen-bond acceptors (Lipinski definition) is 6. The standard InChI is InChI=1S/C21H32O6/c1-13-7-11-20(3)15(5-6-16(22)21(20,25)18(24)26-4)19(13,2)10-8-14-9-12-27-17(14)23/h9,13,15-16,22,25H,5-8,10-12H2,1-4H3/t13-,15-,16-,19+,20+,21-/m0/s1. The van der Waals surface area contributed by atoms with Crippen LogP contribution in [0.1, 0.15) is 59.3 Å². The second-order valence-electron chi connectivity index (χ2n) is 9.09. The third-order valence-electron chi connectivity index (χ3n) is 8.11. The first-order valence-corrected chi connectivity index (χ1v) is 9.96. The van der Waals surface area contributed by atoms with E-state index in [9.17, 15) is 19.8 Å². The number of hydrogen-bond donors (Lipinski definition) is 2. The van der Waals surface area contributed by atoms with Gasteiger partial charge in [-0.05, 0) is 61.9 Å². The summed E-state index contributed by atoms with van der Waals surface area (Å²) in [5.41, 5.74) is -2.13. The van der Waals surface area contributed by atoms with Crippen molar-refractivity contribution in [1.82, 2.24) is 0 Å². The molecule has 2 aliphatic carbocycles. The minimum atomic E-state index is -1.91. The van der Waals surface area contributed by atoms with E-state index < -0.39 is 23.1 Å². The van der Waals surface area contributed by atoms with Gasteiger partial charge in [0.1, 0.15) is 6.61 Å². The van der Waals surface area contributed by atoms with Gasteiger partial charge in [-0.1, -0.05) is 20.8 Å². The Morgan fingerprint density at radius 1 is 1.33 bits per heavy atom. The molecule has 2 saturated carbocycles. The first-order valence-electron chi connectivity index (χ1n) is 9.96. The molecule has 0 spiro atoms. The molecule has 0 unspecified atom stereocenters. The molecular formula is C21H32O6. The van der Waals surface area contributed by atoms with Crippen LogP contribution in [0.4, 0.5) is 0 Å². The number of fused-ring (bicyclic) bond motifs is 1. The molecule has 0 amide bonds. The summed E-state index contributed by atoms with van der Waals surface area (Å²) >= 11 is 0. The Hall–Kier alpha value is -1.40. The van der Waals surface area contributed by atoms with Crippen LogP contribution < -0.4 is 0 Å². The van der Waals surface area contributed by atoms with E-state index in [0.29, 0.717) is 31.8 Å². The summed E-state index contributed by atoms with van der Waals surface area (Å²) in [7, 11) is 1.25. The summed E-state index contributed by atoms with van der Waals surface area (Å²) in [6, 6.07) is 0. The summed E-state index contributed by atoms with van der Waals surface area (Å²) in [5, 5.41) is 22.0. The molecule has 2 N–H and O–H groups in total. The van der Waals surface area contributed by atoms with E-state index in [2.05, 4.69) is 13.8 Å². The van der Waals surface area contributed by atoms with Crippen molar-refractivity contribution < 1.29 is 29.3 Å². The van der Waals surface area contributed by atoms with Crippen molar-refractivity contribution in [3.05, 3.63) is 11.6 Å². The van der Waals surface area contributed by atoms with Crippen LogP contribution in [0, 0.1) is 22.7 Å². The number of aliphatic hydroxyl groups excluding tert-OH is 1. The number of aliphatic hydroxyl groups is 2. The summed E-state index contributed by atoms with van der Waals surface area (Å²) in [5.74, 6) is -0.568. The van der Waals surface area contributed by atoms with E-state index in [1.807, 2.05) is 13.0 Å². The molecule has 6 atom stereocenters. The molecule has 3 rings (SSSR count). The van der Waals surface area contributed by atoms with E-state index in [0.717, 1.165) is 24.8 Å². The molecular weight excluding hydrogens is 348 g/mol. The maximum Gasteiger partial charge on any atom is 0.341 e. The highest BCUT2D eigenvalue weighted by atomic mass is 16.5. The zero-order valence-electron chi connectivity index (χ0n) is 16.8. The molecule has 0 bridgehead atoms. The SMILES string of the molecule is COC(=O)[C@@]1(O)[C@@H](O)CC[C@H]2[C@](C)(CCC3=CCOC3=O)[C@@H](C)CC[C@]21C. The van der Waals surface area contributed by atoms with Crippen molar-refractivity contribution in [3.8, 4) is 0 Å². The lowest BCUT2D eigenvalue weighted by molar-refractivity contribution is -0.249. The third-order valence-corrected chi connectivity index (χ3v) is 8.11. The molecule has 6 nitrogen and oxygen atoms in total. The van der Waals surface area contributed by atoms with E-state index in [1.54, 1.807) is 0 Å². The zero-order valence-corrected chi connectivity index (χ0v) is 16.8. The van der Waals surface area contributed by atoms with E-state index in [1.165, 1.54) is 7.11 Å². The average Bonchev–Trinajstić information content (AvgIpc) is 3.05. The number of carbonyl (C=O) groups is 2. The summed E-state index contributed by atoms with van der Waals surface area (Å²) in [6.07, 6.45) is 4.72. The van der Waals surface area contributed by atoms with Crippen LogP contribution in [0.15, 0.2) is 11.6 Å². The molecule has 2 fully saturated rings. The van der Waals surface area contributed by atoms with Gasteiger partial charge in [0.25, 0.3) is 0 Å². The van der Waals surface area contributed by atoms with Crippen molar-refractivity contribution in [2.75, 3.05) is 13.7 Å². The molecule has 1 heterocycles. The van der Waals surface area contributed by atoms with E-state index in [4.69, 9.17) is 9.47 Å². The lowest BCUT2D eigenvalue weighted by Gasteiger charge is -2.63. The van der Waals surface area contributed by atoms with Crippen LogP contribution in [0.2, 0.25) is 0 Å². The molecule has 0 aromatic rings. The molecule has 6 heteroatoms. The Morgan fingerprint density at radius 2 is 2.04 bits per heavy atom. The highest BCUT2D eigenvalue weighted by Crippen LogP contribution is 2.64. The summed E-state index contributed by atoms with van der Waals surface area (Å²) < 4.78 is 9.93. The van der Waals surface area contributed by atoms with Gasteiger partial charge in [-0.25, -0.2) is 9.59 Å². The van der Waals surface area contributed by atoms with Crippen LogP contribution in [-0.2, 0) is 19.1 Å². The summed E-state index contributed by atoms with van der Waals surface area (Å²) in [4.78, 5) is 24.4. The van der Waals surface area contributed by atoms with Crippen molar-refractivity contribution in [2.24, 2.45) is 22.7 Å². The molecule has 27 heavy (non-hydrogen) atoms. The van der Waals surface area contributed by atoms with Gasteiger partial charge in [-0.2, -0.15) is 0 Å². The maximum absolute atomic E-state index is 12.6. The fourth-order valence-electron chi connectivity index (χ4n) is 6.06. The topological polar surface area (TPSA) is 93.1 Å². The quantitative estimate of drug-likeness (QED) is 0.728. The van der Waals surface area contributed by atoms with Crippen molar-refractivity contribution in [2.45, 2.75) is 71.0 Å². The van der Waals surface area contributed by atoms with Crippen LogP contribution in [0.5, 0.6) is 0 Å². The molecule has 0 aromatic heterocycles. The normalized spacial score (nSPS) is 44.3. The number of ether oxygens (including phenoxy) is 2. The van der Waals surface area contributed by atoms with Gasteiger partial charge in [-0.15, -0.1) is 0 Å². The predicted octanol–water partition coefficient (Wildman–Crippen LogP) is 2.37. The number of esters is 2. The van der Waals surface area contributed by atoms with Gasteiger partial charge in [0.2, 0.25) is 0 Å². The molecule has 1 aliphatic heterocycles. The fraction of sp³-hybridized carbons (Fsp3) is 0.810. The first kappa shape index (κ1) is 20.3. The van der Waals surface area contributed by atoms with E-state index in [-0.39, 0.29) is 17.3 Å². The molecule has 0 aromatic carbocycles. The van der Waals surface area contributed by atoms with Gasteiger partial charge in [-0.3, -0.25) is 0 Å². The molecule has 0 radical (unpaired) electrons. The van der Waals surface area contributed by atoms with Gasteiger partial charge < -0.3 is 19.7 Å². The van der Waals surface area contributed by atoms with Crippen molar-refractivity contribution in [1.29, 1.82) is 0 Å². The minimum absolute atomic E-state index is 0.0410. The van der Waals surface area contributed by atoms with Gasteiger partial charge >= 0.3 is 11.9 Å². The van der Waals surface area contributed by atoms with Crippen molar-refractivity contribution in [3.63, 3.8) is 0 Å². The lowest BCUT2D eigenvalue weighted by atomic mass is 9.43. The lowest BCUT2D eigenvalue weighted by Crippen LogP contribution is -2.69. The fourth-order valence-corrected chi connectivity index (χ4v) is 6.06. The Bertz CT molecular complexity index is 657. The second-order valence-corrected chi connectivity index (χ2v) is 9.09. The van der Waals surface area contributed by atoms with Gasteiger partial charge in [0.15, 0.2) is 5.60 Å². The first-order chi connectivity index (χ1) is 12.6. The Balaban J connectivity index is 1.94. The van der Waals surface area contributed by atoms with Gasteiger partial charge in [0.05, 0.1) is 13.2 Å². The third kappa shape index (κ3) is 2.83. The van der Waals surface area contributed by atoms with Gasteiger partial charge in [0, 0.05) is 11.0 Å². The van der Waals surface area contributed by atoms with Crippen molar-refractivity contribution >= 4 is 11.9 Å². The number of methoxy groups -OCH3 is 1. The number of cyclic esters (lactones) is 1. The molecule has 152 valence electrons. The number of carbonyl (C=O) groups excluding carboxylic acids is 2. The Morgan fingerprint density at radius 3 is 2.63 bits per heavy atom. The Kier molecular flexibility index (Phi) is 5.19. The zero-order chi connectivity index (χ0) is 20.0. The minimum Gasteiger partial charge on any atom is -0.467 e. The van der Waals surface area contributed by atoms with E-state index >= 15 is 0 Å². The van der Waals surface area contributed by atoms with Crippen LogP contribution >= 0.6 is 0 Å². The second kappa shape index (κ2) is 6.89. The highest BCUT2D eigenvalue weighted by molar-refractivity contribution is 5.90.